The lowest BCUT2D eigenvalue weighted by molar-refractivity contribution is -0.120. The van der Waals surface area contributed by atoms with E-state index in [4.69, 9.17) is 4.74 Å². The first-order valence-corrected chi connectivity index (χ1v) is 11.4. The number of carbonyl (C=O) groups is 2. The molecule has 29 heavy (non-hydrogen) atoms. The molecule has 7 nitrogen and oxygen atoms in total. The van der Waals surface area contributed by atoms with Gasteiger partial charge in [0.05, 0.1) is 5.75 Å². The van der Waals surface area contributed by atoms with Crippen molar-refractivity contribution in [1.29, 1.82) is 0 Å². The molecule has 1 heterocycles. The number of fused-ring (bicyclic) bond motifs is 1. The van der Waals surface area contributed by atoms with Crippen LogP contribution < -0.4 is 10.2 Å². The Labute approximate surface area is 170 Å². The molecule has 1 aliphatic heterocycles. The maximum Gasteiger partial charge on any atom is 0.408 e. The monoisotopic (exact) mass is 416 g/mol. The Kier molecular flexibility index (Phi) is 6.53. The fourth-order valence-corrected chi connectivity index (χ4v) is 3.92. The standard InChI is InChI=1S/C21H24N2O5S/c1-29(26,27)14-12-18(22-21(25)28-15-16-7-3-2-4-8-16)20(24)23-13-11-17-9-5-6-10-19(17)23/h2-10,18H,11-15H2,1H3,(H,22,25)/t18-/m0/s1. The van der Waals surface area contributed by atoms with Crippen LogP contribution in [-0.2, 0) is 32.4 Å². The van der Waals surface area contributed by atoms with Gasteiger partial charge in [0.2, 0.25) is 5.91 Å². The predicted molar refractivity (Wildman–Crippen MR) is 110 cm³/mol. The van der Waals surface area contributed by atoms with Gasteiger partial charge in [-0.2, -0.15) is 0 Å². The second kappa shape index (κ2) is 9.09. The van der Waals surface area contributed by atoms with Crippen molar-refractivity contribution in [2.45, 2.75) is 25.5 Å². The first-order chi connectivity index (χ1) is 13.8. The smallest absolute Gasteiger partial charge is 0.408 e. The van der Waals surface area contributed by atoms with Crippen molar-refractivity contribution in [2.75, 3.05) is 23.5 Å². The van der Waals surface area contributed by atoms with E-state index in [0.29, 0.717) is 6.54 Å². The molecule has 2 aromatic carbocycles. The maximum absolute atomic E-state index is 13.1. The van der Waals surface area contributed by atoms with Crippen LogP contribution in [0.4, 0.5) is 10.5 Å². The second-order valence-electron chi connectivity index (χ2n) is 7.05. The third kappa shape index (κ3) is 5.80. The van der Waals surface area contributed by atoms with Crippen LogP contribution in [0.2, 0.25) is 0 Å². The number of amides is 2. The summed E-state index contributed by atoms with van der Waals surface area (Å²) in [6, 6.07) is 15.7. The lowest BCUT2D eigenvalue weighted by Crippen LogP contribution is -2.49. The molecule has 0 unspecified atom stereocenters. The quantitative estimate of drug-likeness (QED) is 0.748. The van der Waals surface area contributed by atoms with E-state index in [0.717, 1.165) is 29.5 Å². The van der Waals surface area contributed by atoms with Crippen molar-refractivity contribution in [2.24, 2.45) is 0 Å². The van der Waals surface area contributed by atoms with Crippen LogP contribution >= 0.6 is 0 Å². The third-order valence-electron chi connectivity index (χ3n) is 4.73. The average molecular weight is 416 g/mol. The van der Waals surface area contributed by atoms with Gasteiger partial charge in [-0.1, -0.05) is 48.5 Å². The lowest BCUT2D eigenvalue weighted by Gasteiger charge is -2.24. The first-order valence-electron chi connectivity index (χ1n) is 9.38. The van der Waals surface area contributed by atoms with Crippen LogP contribution in [0.1, 0.15) is 17.5 Å². The molecule has 8 heteroatoms. The van der Waals surface area contributed by atoms with Crippen molar-refractivity contribution in [3.63, 3.8) is 0 Å². The molecule has 2 amide bonds. The van der Waals surface area contributed by atoms with Gasteiger partial charge in [-0.15, -0.1) is 0 Å². The first kappa shape index (κ1) is 20.9. The molecule has 0 radical (unpaired) electrons. The van der Waals surface area contributed by atoms with Gasteiger partial charge in [0.15, 0.2) is 0 Å². The molecular formula is C21H24N2O5S. The van der Waals surface area contributed by atoms with Crippen LogP contribution in [0.25, 0.3) is 0 Å². The zero-order chi connectivity index (χ0) is 20.9. The van der Waals surface area contributed by atoms with Crippen molar-refractivity contribution in [3.05, 3.63) is 65.7 Å². The molecule has 0 fully saturated rings. The minimum absolute atomic E-state index is 0.0171. The average Bonchev–Trinajstić information content (AvgIpc) is 3.13. The highest BCUT2D eigenvalue weighted by Gasteiger charge is 2.31. The van der Waals surface area contributed by atoms with Crippen LogP contribution in [-0.4, -0.2) is 45.0 Å². The minimum atomic E-state index is -3.29. The highest BCUT2D eigenvalue weighted by molar-refractivity contribution is 7.90. The van der Waals surface area contributed by atoms with Crippen LogP contribution in [0, 0.1) is 0 Å². The number of ether oxygens (including phenoxy) is 1. The molecular weight excluding hydrogens is 392 g/mol. The Hall–Kier alpha value is -2.87. The summed E-state index contributed by atoms with van der Waals surface area (Å²) < 4.78 is 28.4. The molecule has 0 saturated heterocycles. The molecule has 1 aliphatic rings. The number of anilines is 1. The molecule has 0 aliphatic carbocycles. The molecule has 0 aromatic heterocycles. The number of hydrogen-bond acceptors (Lipinski definition) is 5. The fraction of sp³-hybridized carbons (Fsp3) is 0.333. The number of sulfone groups is 1. The van der Waals surface area contributed by atoms with Crippen LogP contribution in [0.15, 0.2) is 54.6 Å². The zero-order valence-electron chi connectivity index (χ0n) is 16.2. The van der Waals surface area contributed by atoms with E-state index in [-0.39, 0.29) is 24.7 Å². The van der Waals surface area contributed by atoms with Crippen LogP contribution in [0.5, 0.6) is 0 Å². The summed E-state index contributed by atoms with van der Waals surface area (Å²) in [5.41, 5.74) is 2.66. The summed E-state index contributed by atoms with van der Waals surface area (Å²) >= 11 is 0. The van der Waals surface area contributed by atoms with Crippen molar-refractivity contribution in [1.82, 2.24) is 5.32 Å². The fourth-order valence-electron chi connectivity index (χ4n) is 3.25. The summed E-state index contributed by atoms with van der Waals surface area (Å²) in [5.74, 6) is -0.548. The number of nitrogens with zero attached hydrogens (tertiary/aromatic N) is 1. The van der Waals surface area contributed by atoms with Gasteiger partial charge in [-0.05, 0) is 30.0 Å². The van der Waals surface area contributed by atoms with Gasteiger partial charge < -0.3 is 15.0 Å². The maximum atomic E-state index is 13.1. The predicted octanol–water partition coefficient (Wildman–Crippen LogP) is 2.31. The number of para-hydroxylation sites is 1. The van der Waals surface area contributed by atoms with Crippen molar-refractivity contribution in [3.8, 4) is 0 Å². The molecule has 0 saturated carbocycles. The van der Waals surface area contributed by atoms with Crippen LogP contribution in [0.3, 0.4) is 0 Å². The molecule has 1 N–H and O–H groups in total. The molecule has 1 atom stereocenters. The molecule has 0 spiro atoms. The lowest BCUT2D eigenvalue weighted by atomic mass is 10.1. The van der Waals surface area contributed by atoms with E-state index in [1.807, 2.05) is 54.6 Å². The molecule has 2 aromatic rings. The van der Waals surface area contributed by atoms with E-state index in [9.17, 15) is 18.0 Å². The summed E-state index contributed by atoms with van der Waals surface area (Å²) in [7, 11) is -3.29. The Balaban J connectivity index is 1.68. The number of benzene rings is 2. The van der Waals surface area contributed by atoms with Gasteiger partial charge in [0, 0.05) is 18.5 Å². The number of alkyl carbamates (subject to hydrolysis) is 1. The third-order valence-corrected chi connectivity index (χ3v) is 5.71. The Bertz CT molecular complexity index is 976. The minimum Gasteiger partial charge on any atom is -0.445 e. The number of nitrogens with one attached hydrogen (secondary N) is 1. The largest absolute Gasteiger partial charge is 0.445 e. The van der Waals surface area contributed by atoms with E-state index in [1.165, 1.54) is 0 Å². The molecule has 154 valence electrons. The summed E-state index contributed by atoms with van der Waals surface area (Å²) in [4.78, 5) is 27.0. The topological polar surface area (TPSA) is 92.8 Å². The van der Waals surface area contributed by atoms with E-state index < -0.39 is 22.0 Å². The van der Waals surface area contributed by atoms with E-state index in [1.54, 1.807) is 4.90 Å². The summed E-state index contributed by atoms with van der Waals surface area (Å²) in [5, 5.41) is 2.55. The number of carbonyl (C=O) groups excluding carboxylic acids is 2. The Morgan fingerprint density at radius 1 is 1.10 bits per heavy atom. The van der Waals surface area contributed by atoms with E-state index in [2.05, 4.69) is 5.32 Å². The van der Waals surface area contributed by atoms with Crippen molar-refractivity contribution < 1.29 is 22.7 Å². The van der Waals surface area contributed by atoms with Gasteiger partial charge >= 0.3 is 6.09 Å². The molecule has 3 rings (SSSR count). The SMILES string of the molecule is CS(=O)(=O)CC[C@H](NC(=O)OCc1ccccc1)C(=O)N1CCc2ccccc21. The highest BCUT2D eigenvalue weighted by Crippen LogP contribution is 2.28. The zero-order valence-corrected chi connectivity index (χ0v) is 17.0. The number of hydrogen-bond donors (Lipinski definition) is 1. The van der Waals surface area contributed by atoms with Gasteiger partial charge in [0.1, 0.15) is 22.5 Å². The Morgan fingerprint density at radius 3 is 2.52 bits per heavy atom. The Morgan fingerprint density at radius 2 is 1.79 bits per heavy atom. The van der Waals surface area contributed by atoms with Gasteiger partial charge in [-0.3, -0.25) is 4.79 Å². The number of rotatable bonds is 7. The van der Waals surface area contributed by atoms with E-state index >= 15 is 0 Å². The van der Waals surface area contributed by atoms with Gasteiger partial charge in [0.25, 0.3) is 0 Å². The molecule has 0 bridgehead atoms. The normalized spacial score (nSPS) is 14.2. The highest BCUT2D eigenvalue weighted by atomic mass is 32.2. The second-order valence-corrected chi connectivity index (χ2v) is 9.31. The van der Waals surface area contributed by atoms with Crippen molar-refractivity contribution >= 4 is 27.5 Å². The summed E-state index contributed by atoms with van der Waals surface area (Å²) in [6.45, 7) is 0.556. The van der Waals surface area contributed by atoms with Gasteiger partial charge in [-0.25, -0.2) is 13.2 Å². The summed E-state index contributed by atoms with van der Waals surface area (Å²) in [6.07, 6.45) is 1.05.